The molecule has 0 spiro atoms. The standard InChI is InChI=1S/C19H29NO2/c1-18(2,3)15-11-7-10-14-13(15)9-8-12-16(14)20-17(21)22-19(4,5)6/h7,10-11,16H,8-9,12H2,1-6H3,(H,20,21). The van der Waals surface area contributed by atoms with Gasteiger partial charge in [0.1, 0.15) is 5.60 Å². The molecule has 0 aromatic heterocycles. The lowest BCUT2D eigenvalue weighted by atomic mass is 9.76. The molecule has 0 fully saturated rings. The highest BCUT2D eigenvalue weighted by atomic mass is 16.6. The lowest BCUT2D eigenvalue weighted by Gasteiger charge is -2.32. The van der Waals surface area contributed by atoms with Crippen molar-refractivity contribution < 1.29 is 9.53 Å². The van der Waals surface area contributed by atoms with E-state index in [1.54, 1.807) is 0 Å². The van der Waals surface area contributed by atoms with Gasteiger partial charge in [0.25, 0.3) is 0 Å². The average molecular weight is 303 g/mol. The van der Waals surface area contributed by atoms with Crippen molar-refractivity contribution in [3.63, 3.8) is 0 Å². The van der Waals surface area contributed by atoms with E-state index in [1.807, 2.05) is 20.8 Å². The van der Waals surface area contributed by atoms with Crippen molar-refractivity contribution in [1.29, 1.82) is 0 Å². The highest BCUT2D eigenvalue weighted by Crippen LogP contribution is 2.36. The van der Waals surface area contributed by atoms with Gasteiger partial charge in [0.05, 0.1) is 6.04 Å². The molecule has 122 valence electrons. The van der Waals surface area contributed by atoms with Crippen molar-refractivity contribution in [3.05, 3.63) is 34.9 Å². The molecule has 1 aromatic carbocycles. The number of fused-ring (bicyclic) bond motifs is 1. The average Bonchev–Trinajstić information content (AvgIpc) is 2.35. The topological polar surface area (TPSA) is 38.3 Å². The number of carbonyl (C=O) groups is 1. The van der Waals surface area contributed by atoms with Gasteiger partial charge in [0.2, 0.25) is 0 Å². The maximum Gasteiger partial charge on any atom is 0.408 e. The zero-order valence-corrected chi connectivity index (χ0v) is 14.7. The molecule has 0 aliphatic heterocycles. The van der Waals surface area contributed by atoms with Gasteiger partial charge in [-0.25, -0.2) is 4.79 Å². The van der Waals surface area contributed by atoms with Crippen molar-refractivity contribution in [2.24, 2.45) is 0 Å². The fourth-order valence-corrected chi connectivity index (χ4v) is 3.15. The first-order valence-electron chi connectivity index (χ1n) is 8.20. The first-order valence-corrected chi connectivity index (χ1v) is 8.20. The Hall–Kier alpha value is -1.51. The Morgan fingerprint density at radius 3 is 2.45 bits per heavy atom. The highest BCUT2D eigenvalue weighted by Gasteiger charge is 2.28. The third-order valence-corrected chi connectivity index (χ3v) is 4.01. The summed E-state index contributed by atoms with van der Waals surface area (Å²) in [6, 6.07) is 6.52. The van der Waals surface area contributed by atoms with Gasteiger partial charge >= 0.3 is 6.09 Å². The summed E-state index contributed by atoms with van der Waals surface area (Å²) in [5.74, 6) is 0. The molecule has 0 heterocycles. The monoisotopic (exact) mass is 303 g/mol. The van der Waals surface area contributed by atoms with Gasteiger partial charge in [-0.1, -0.05) is 39.0 Å². The van der Waals surface area contributed by atoms with Crippen LogP contribution in [-0.2, 0) is 16.6 Å². The minimum absolute atomic E-state index is 0.0564. The van der Waals surface area contributed by atoms with Crippen LogP contribution in [0, 0.1) is 0 Å². The van der Waals surface area contributed by atoms with Gasteiger partial charge in [0, 0.05) is 0 Å². The molecule has 1 atom stereocenters. The number of amides is 1. The van der Waals surface area contributed by atoms with Crippen LogP contribution in [0.3, 0.4) is 0 Å². The quantitative estimate of drug-likeness (QED) is 0.802. The summed E-state index contributed by atoms with van der Waals surface area (Å²) < 4.78 is 5.40. The van der Waals surface area contributed by atoms with Gasteiger partial charge in [-0.05, 0) is 62.1 Å². The largest absolute Gasteiger partial charge is 0.444 e. The van der Waals surface area contributed by atoms with E-state index in [9.17, 15) is 4.79 Å². The smallest absolute Gasteiger partial charge is 0.408 e. The number of nitrogens with one attached hydrogen (secondary N) is 1. The minimum Gasteiger partial charge on any atom is -0.444 e. The van der Waals surface area contributed by atoms with Gasteiger partial charge in [0.15, 0.2) is 0 Å². The van der Waals surface area contributed by atoms with Crippen molar-refractivity contribution in [1.82, 2.24) is 5.32 Å². The van der Waals surface area contributed by atoms with Crippen LogP contribution in [-0.4, -0.2) is 11.7 Å². The van der Waals surface area contributed by atoms with Crippen molar-refractivity contribution in [2.75, 3.05) is 0 Å². The van der Waals surface area contributed by atoms with E-state index < -0.39 is 5.60 Å². The summed E-state index contributed by atoms with van der Waals surface area (Å²) in [4.78, 5) is 12.1. The normalized spacial score (nSPS) is 18.5. The molecular formula is C19H29NO2. The summed E-state index contributed by atoms with van der Waals surface area (Å²) in [6.07, 6.45) is 2.84. The van der Waals surface area contributed by atoms with Crippen LogP contribution in [0.25, 0.3) is 0 Å². The SMILES string of the molecule is CC(C)(C)OC(=O)NC1CCCc2c1cccc2C(C)(C)C. The summed E-state index contributed by atoms with van der Waals surface area (Å²) in [6.45, 7) is 12.4. The minimum atomic E-state index is -0.463. The van der Waals surface area contributed by atoms with Crippen LogP contribution in [0.2, 0.25) is 0 Å². The van der Waals surface area contributed by atoms with E-state index in [0.717, 1.165) is 19.3 Å². The number of ether oxygens (including phenoxy) is 1. The Kier molecular flexibility index (Phi) is 4.55. The molecule has 1 amide bonds. The van der Waals surface area contributed by atoms with E-state index in [2.05, 4.69) is 44.3 Å². The second-order valence-corrected chi connectivity index (χ2v) is 8.21. The highest BCUT2D eigenvalue weighted by molar-refractivity contribution is 5.68. The van der Waals surface area contributed by atoms with Crippen molar-refractivity contribution in [2.45, 2.75) is 77.9 Å². The first kappa shape index (κ1) is 16.9. The molecule has 0 bridgehead atoms. The maximum absolute atomic E-state index is 12.1. The fraction of sp³-hybridized carbons (Fsp3) is 0.632. The zero-order chi connectivity index (χ0) is 16.5. The Balaban J connectivity index is 2.24. The van der Waals surface area contributed by atoms with Crippen LogP contribution in [0.4, 0.5) is 4.79 Å². The Labute approximate surface area is 134 Å². The molecule has 2 rings (SSSR count). The molecule has 3 nitrogen and oxygen atoms in total. The molecule has 1 N–H and O–H groups in total. The van der Waals surface area contributed by atoms with Crippen LogP contribution in [0.1, 0.15) is 77.1 Å². The van der Waals surface area contributed by atoms with Crippen LogP contribution in [0.15, 0.2) is 18.2 Å². The third-order valence-electron chi connectivity index (χ3n) is 4.01. The Morgan fingerprint density at radius 1 is 1.18 bits per heavy atom. The Bertz CT molecular complexity index is 550. The lowest BCUT2D eigenvalue weighted by molar-refractivity contribution is 0.0498. The summed E-state index contributed by atoms with van der Waals surface area (Å²) >= 11 is 0. The first-order chi connectivity index (χ1) is 10.1. The molecule has 0 saturated heterocycles. The molecule has 22 heavy (non-hydrogen) atoms. The number of alkyl carbamates (subject to hydrolysis) is 1. The van der Waals surface area contributed by atoms with E-state index >= 15 is 0 Å². The number of carbonyl (C=O) groups excluding carboxylic acids is 1. The third kappa shape index (κ3) is 4.02. The van der Waals surface area contributed by atoms with Gasteiger partial charge in [-0.15, -0.1) is 0 Å². The molecule has 1 unspecified atom stereocenters. The van der Waals surface area contributed by atoms with Gasteiger partial charge < -0.3 is 10.1 Å². The fourth-order valence-electron chi connectivity index (χ4n) is 3.15. The molecule has 1 aromatic rings. The lowest BCUT2D eigenvalue weighted by Crippen LogP contribution is -2.36. The summed E-state index contributed by atoms with van der Waals surface area (Å²) in [5.41, 5.74) is 3.71. The van der Waals surface area contributed by atoms with E-state index in [1.165, 1.54) is 16.7 Å². The molecule has 0 radical (unpaired) electrons. The second-order valence-electron chi connectivity index (χ2n) is 8.21. The zero-order valence-electron chi connectivity index (χ0n) is 14.7. The van der Waals surface area contributed by atoms with Crippen molar-refractivity contribution in [3.8, 4) is 0 Å². The van der Waals surface area contributed by atoms with Crippen molar-refractivity contribution >= 4 is 6.09 Å². The number of hydrogen-bond acceptors (Lipinski definition) is 2. The Morgan fingerprint density at radius 2 is 1.86 bits per heavy atom. The van der Waals surface area contributed by atoms with Gasteiger partial charge in [-0.3, -0.25) is 0 Å². The number of rotatable bonds is 1. The van der Waals surface area contributed by atoms with Crippen LogP contribution in [0.5, 0.6) is 0 Å². The summed E-state index contributed by atoms with van der Waals surface area (Å²) in [5, 5.41) is 3.05. The molecule has 0 saturated carbocycles. The number of hydrogen-bond donors (Lipinski definition) is 1. The summed E-state index contributed by atoms with van der Waals surface area (Å²) in [7, 11) is 0. The maximum atomic E-state index is 12.1. The van der Waals surface area contributed by atoms with Crippen LogP contribution < -0.4 is 5.32 Å². The second kappa shape index (κ2) is 5.94. The molecule has 1 aliphatic carbocycles. The molecular weight excluding hydrogens is 274 g/mol. The van der Waals surface area contributed by atoms with Gasteiger partial charge in [-0.2, -0.15) is 0 Å². The van der Waals surface area contributed by atoms with E-state index in [-0.39, 0.29) is 17.6 Å². The number of benzene rings is 1. The predicted octanol–water partition coefficient (Wildman–Crippen LogP) is 4.89. The molecule has 1 aliphatic rings. The molecule has 3 heteroatoms. The van der Waals surface area contributed by atoms with E-state index in [0.29, 0.717) is 0 Å². The van der Waals surface area contributed by atoms with Crippen LogP contribution >= 0.6 is 0 Å². The predicted molar refractivity (Wildman–Crippen MR) is 90.2 cm³/mol. The van der Waals surface area contributed by atoms with E-state index in [4.69, 9.17) is 4.74 Å².